The van der Waals surface area contributed by atoms with Crippen molar-refractivity contribution in [3.63, 3.8) is 0 Å². The summed E-state index contributed by atoms with van der Waals surface area (Å²) in [5.74, 6) is 0.106. The van der Waals surface area contributed by atoms with Gasteiger partial charge in [0, 0.05) is 26.2 Å². The molecule has 0 spiro atoms. The summed E-state index contributed by atoms with van der Waals surface area (Å²) >= 11 is 1.38. The van der Waals surface area contributed by atoms with Crippen molar-refractivity contribution < 1.29 is 9.53 Å². The summed E-state index contributed by atoms with van der Waals surface area (Å²) in [6.45, 7) is 7.02. The molecule has 0 unspecified atom stereocenters. The molecule has 1 atom stereocenters. The molecule has 1 amide bonds. The predicted octanol–water partition coefficient (Wildman–Crippen LogP) is 4.48. The molecule has 0 saturated heterocycles. The third kappa shape index (κ3) is 6.10. The Morgan fingerprint density at radius 2 is 1.94 bits per heavy atom. The number of ether oxygens (including phenoxy) is 1. The number of amides is 1. The zero-order valence-corrected chi connectivity index (χ0v) is 20.0. The highest BCUT2D eigenvalue weighted by molar-refractivity contribution is 8.00. The number of fused-ring (bicyclic) bond motifs is 1. The van der Waals surface area contributed by atoms with Crippen molar-refractivity contribution >= 4 is 28.6 Å². The van der Waals surface area contributed by atoms with Gasteiger partial charge in [-0.15, -0.1) is 0 Å². The van der Waals surface area contributed by atoms with Gasteiger partial charge in [-0.25, -0.2) is 4.98 Å². The van der Waals surface area contributed by atoms with Crippen LogP contribution in [0.4, 0.5) is 0 Å². The molecule has 1 fully saturated rings. The quantitative estimate of drug-likeness (QED) is 0.323. The number of hydrogen-bond donors (Lipinski definition) is 0. The van der Waals surface area contributed by atoms with Crippen LogP contribution in [0.1, 0.15) is 59.3 Å². The van der Waals surface area contributed by atoms with E-state index in [2.05, 4.69) is 0 Å². The van der Waals surface area contributed by atoms with Gasteiger partial charge in [0.25, 0.3) is 5.56 Å². The van der Waals surface area contributed by atoms with Gasteiger partial charge >= 0.3 is 0 Å². The molecule has 1 aromatic heterocycles. The van der Waals surface area contributed by atoms with Gasteiger partial charge < -0.3 is 9.64 Å². The Bertz CT molecular complexity index is 937. The molecule has 1 aliphatic rings. The zero-order chi connectivity index (χ0) is 22.4. The van der Waals surface area contributed by atoms with E-state index in [1.807, 2.05) is 57.0 Å². The van der Waals surface area contributed by atoms with Crippen LogP contribution in [-0.4, -0.2) is 51.4 Å². The van der Waals surface area contributed by atoms with Gasteiger partial charge in [-0.2, -0.15) is 0 Å². The summed E-state index contributed by atoms with van der Waals surface area (Å²) in [4.78, 5) is 33.0. The second kappa shape index (κ2) is 11.1. The standard InChI is InChI=1S/C24H35N3O3S/c1-17(2)30-16-10-15-27-23(29)20-13-8-9-14-21(20)25-24(27)31-18(3)22(28)26(4)19-11-6-5-7-12-19/h8-9,13-14,17-19H,5-7,10-12,15-16H2,1-4H3/t18-/m0/s1. The molecule has 0 N–H and O–H groups in total. The van der Waals surface area contributed by atoms with Gasteiger partial charge in [-0.3, -0.25) is 14.2 Å². The molecule has 0 bridgehead atoms. The molecule has 7 heteroatoms. The van der Waals surface area contributed by atoms with Crippen molar-refractivity contribution in [2.45, 2.75) is 88.4 Å². The number of carbonyl (C=O) groups excluding carboxylic acids is 1. The lowest BCUT2D eigenvalue weighted by molar-refractivity contribution is -0.131. The van der Waals surface area contributed by atoms with E-state index in [-0.39, 0.29) is 22.8 Å². The summed E-state index contributed by atoms with van der Waals surface area (Å²) in [7, 11) is 1.92. The van der Waals surface area contributed by atoms with Crippen molar-refractivity contribution in [3.05, 3.63) is 34.6 Å². The van der Waals surface area contributed by atoms with Gasteiger partial charge in [0.15, 0.2) is 5.16 Å². The van der Waals surface area contributed by atoms with E-state index >= 15 is 0 Å². The molecule has 0 radical (unpaired) electrons. The highest BCUT2D eigenvalue weighted by Gasteiger charge is 2.27. The number of benzene rings is 1. The minimum Gasteiger partial charge on any atom is -0.379 e. The summed E-state index contributed by atoms with van der Waals surface area (Å²) in [6.07, 6.45) is 6.67. The van der Waals surface area contributed by atoms with Crippen molar-refractivity contribution in [1.82, 2.24) is 14.5 Å². The number of para-hydroxylation sites is 1. The van der Waals surface area contributed by atoms with E-state index in [0.717, 1.165) is 19.3 Å². The number of thioether (sulfide) groups is 1. The van der Waals surface area contributed by atoms with Crippen molar-refractivity contribution in [3.8, 4) is 0 Å². The average Bonchev–Trinajstić information content (AvgIpc) is 2.77. The molecule has 2 aromatic rings. The van der Waals surface area contributed by atoms with Gasteiger partial charge in [0.05, 0.1) is 22.3 Å². The third-order valence-corrected chi connectivity index (χ3v) is 6.98. The van der Waals surface area contributed by atoms with Gasteiger partial charge in [0.2, 0.25) is 5.91 Å². The minimum absolute atomic E-state index is 0.0575. The highest BCUT2D eigenvalue weighted by atomic mass is 32.2. The molecule has 1 aromatic carbocycles. The highest BCUT2D eigenvalue weighted by Crippen LogP contribution is 2.27. The lowest BCUT2D eigenvalue weighted by Gasteiger charge is -2.32. The van der Waals surface area contributed by atoms with Crippen LogP contribution in [0, 0.1) is 0 Å². The molecule has 1 aliphatic carbocycles. The Kier molecular flexibility index (Phi) is 8.55. The predicted molar refractivity (Wildman–Crippen MR) is 127 cm³/mol. The third-order valence-electron chi connectivity index (χ3n) is 5.90. The van der Waals surface area contributed by atoms with Gasteiger partial charge in [-0.1, -0.05) is 43.2 Å². The van der Waals surface area contributed by atoms with Crippen LogP contribution in [0.3, 0.4) is 0 Å². The van der Waals surface area contributed by atoms with E-state index in [4.69, 9.17) is 9.72 Å². The fraction of sp³-hybridized carbons (Fsp3) is 0.625. The second-order valence-corrected chi connectivity index (χ2v) is 9.95. The maximum absolute atomic E-state index is 13.2. The second-order valence-electron chi connectivity index (χ2n) is 8.64. The summed E-state index contributed by atoms with van der Waals surface area (Å²) in [5, 5.41) is 0.902. The van der Waals surface area contributed by atoms with Crippen LogP contribution in [0.2, 0.25) is 0 Å². The van der Waals surface area contributed by atoms with Crippen LogP contribution in [-0.2, 0) is 16.1 Å². The van der Waals surface area contributed by atoms with Crippen LogP contribution >= 0.6 is 11.8 Å². The Balaban J connectivity index is 1.80. The normalized spacial score (nSPS) is 16.0. The summed E-state index contributed by atoms with van der Waals surface area (Å²) < 4.78 is 7.35. The van der Waals surface area contributed by atoms with E-state index in [9.17, 15) is 9.59 Å². The monoisotopic (exact) mass is 445 g/mol. The van der Waals surface area contributed by atoms with Crippen molar-refractivity contribution in [2.24, 2.45) is 0 Å². The molecule has 170 valence electrons. The Morgan fingerprint density at radius 3 is 2.65 bits per heavy atom. The SMILES string of the molecule is CC(C)OCCCn1c(S[C@@H](C)C(=O)N(C)C2CCCCC2)nc2ccccc2c1=O. The average molecular weight is 446 g/mol. The molecule has 0 aliphatic heterocycles. The van der Waals surface area contributed by atoms with E-state index < -0.39 is 0 Å². The maximum Gasteiger partial charge on any atom is 0.262 e. The molecule has 1 saturated carbocycles. The fourth-order valence-electron chi connectivity index (χ4n) is 4.12. The number of rotatable bonds is 9. The van der Waals surface area contributed by atoms with Gasteiger partial charge in [-0.05, 0) is 52.2 Å². The first-order valence-electron chi connectivity index (χ1n) is 11.4. The summed E-state index contributed by atoms with van der Waals surface area (Å²) in [6, 6.07) is 7.73. The number of nitrogens with zero attached hydrogens (tertiary/aromatic N) is 3. The van der Waals surface area contributed by atoms with Crippen LogP contribution in [0.25, 0.3) is 10.9 Å². The van der Waals surface area contributed by atoms with Crippen LogP contribution in [0.5, 0.6) is 0 Å². The molecule has 1 heterocycles. The van der Waals surface area contributed by atoms with Gasteiger partial charge in [0.1, 0.15) is 0 Å². The first kappa shape index (κ1) is 23.8. The van der Waals surface area contributed by atoms with Crippen LogP contribution in [0.15, 0.2) is 34.2 Å². The number of carbonyl (C=O) groups is 1. The first-order chi connectivity index (χ1) is 14.9. The van der Waals surface area contributed by atoms with E-state index in [1.165, 1.54) is 31.0 Å². The maximum atomic E-state index is 13.2. The fourth-order valence-corrected chi connectivity index (χ4v) is 5.16. The number of hydrogen-bond acceptors (Lipinski definition) is 5. The molecule has 3 rings (SSSR count). The number of aromatic nitrogens is 2. The van der Waals surface area contributed by atoms with Crippen molar-refractivity contribution in [1.29, 1.82) is 0 Å². The Morgan fingerprint density at radius 1 is 1.23 bits per heavy atom. The van der Waals surface area contributed by atoms with E-state index in [1.54, 1.807) is 4.57 Å². The molecule has 6 nitrogen and oxygen atoms in total. The smallest absolute Gasteiger partial charge is 0.262 e. The van der Waals surface area contributed by atoms with E-state index in [0.29, 0.717) is 35.3 Å². The largest absolute Gasteiger partial charge is 0.379 e. The first-order valence-corrected chi connectivity index (χ1v) is 12.3. The lowest BCUT2D eigenvalue weighted by Crippen LogP contribution is -2.42. The lowest BCUT2D eigenvalue weighted by atomic mass is 9.94. The Hall–Kier alpha value is -1.86. The summed E-state index contributed by atoms with van der Waals surface area (Å²) in [5.41, 5.74) is 0.614. The zero-order valence-electron chi connectivity index (χ0n) is 19.2. The van der Waals surface area contributed by atoms with Crippen molar-refractivity contribution in [2.75, 3.05) is 13.7 Å². The Labute approximate surface area is 189 Å². The topological polar surface area (TPSA) is 64.4 Å². The molecular formula is C24H35N3O3S. The molecule has 31 heavy (non-hydrogen) atoms. The van der Waals surface area contributed by atoms with Crippen LogP contribution < -0.4 is 5.56 Å². The minimum atomic E-state index is -0.307. The molecular weight excluding hydrogens is 410 g/mol.